The number of benzene rings is 1. The normalized spacial score (nSPS) is 14.4. The van der Waals surface area contributed by atoms with Crippen LogP contribution in [0.25, 0.3) is 0 Å². The molecule has 74 valence electrons. The first kappa shape index (κ1) is 8.87. The highest BCUT2D eigenvalue weighted by Crippen LogP contribution is 2.32. The third-order valence-corrected chi connectivity index (χ3v) is 1.86. The first-order chi connectivity index (χ1) is 6.90. The molecule has 0 bridgehead atoms. The lowest BCUT2D eigenvalue weighted by atomic mass is 10.2. The molecule has 1 aromatic rings. The Morgan fingerprint density at radius 2 is 2.07 bits per heavy atom. The Morgan fingerprint density at radius 1 is 1.29 bits per heavy atom. The molecular formula is C10H12N2O2. The van der Waals surface area contributed by atoms with Crippen LogP contribution in [0.4, 0.5) is 5.69 Å². The van der Waals surface area contributed by atoms with Gasteiger partial charge in [-0.15, -0.1) is 0 Å². The number of fused-ring (bicyclic) bond motifs is 1. The van der Waals surface area contributed by atoms with Crippen LogP contribution in [0.15, 0.2) is 23.3 Å². The van der Waals surface area contributed by atoms with E-state index >= 15 is 0 Å². The highest BCUT2D eigenvalue weighted by molar-refractivity contribution is 5.59. The summed E-state index contributed by atoms with van der Waals surface area (Å²) in [6.07, 6.45) is 1.69. The van der Waals surface area contributed by atoms with E-state index in [1.807, 2.05) is 25.1 Å². The maximum atomic E-state index is 5.43. The highest BCUT2D eigenvalue weighted by Gasteiger charge is 2.10. The van der Waals surface area contributed by atoms with Gasteiger partial charge in [0.2, 0.25) is 0 Å². The summed E-state index contributed by atoms with van der Waals surface area (Å²) in [4.78, 5) is 0. The van der Waals surface area contributed by atoms with Crippen LogP contribution in [0.2, 0.25) is 0 Å². The monoisotopic (exact) mass is 192 g/mol. The summed E-state index contributed by atoms with van der Waals surface area (Å²) in [6, 6.07) is 5.66. The SMILES string of the molecule is C/C=N\Nc1ccc2c(c1)OCCO2. The van der Waals surface area contributed by atoms with Crippen LogP contribution in [0, 0.1) is 0 Å². The molecule has 0 spiro atoms. The zero-order valence-electron chi connectivity index (χ0n) is 7.99. The number of nitrogens with one attached hydrogen (secondary N) is 1. The van der Waals surface area contributed by atoms with Gasteiger partial charge in [0.25, 0.3) is 0 Å². The molecule has 1 N–H and O–H groups in total. The van der Waals surface area contributed by atoms with E-state index in [-0.39, 0.29) is 0 Å². The van der Waals surface area contributed by atoms with Crippen LogP contribution in [0.1, 0.15) is 6.92 Å². The Morgan fingerprint density at radius 3 is 2.86 bits per heavy atom. The first-order valence-corrected chi connectivity index (χ1v) is 4.53. The van der Waals surface area contributed by atoms with E-state index in [1.54, 1.807) is 6.21 Å². The molecule has 4 nitrogen and oxygen atoms in total. The van der Waals surface area contributed by atoms with Gasteiger partial charge in [-0.2, -0.15) is 5.10 Å². The summed E-state index contributed by atoms with van der Waals surface area (Å²) >= 11 is 0. The Balaban J connectivity index is 2.20. The van der Waals surface area contributed by atoms with E-state index in [9.17, 15) is 0 Å². The quantitative estimate of drug-likeness (QED) is 0.574. The minimum Gasteiger partial charge on any atom is -0.486 e. The molecule has 0 amide bonds. The van der Waals surface area contributed by atoms with E-state index in [0.717, 1.165) is 17.2 Å². The topological polar surface area (TPSA) is 42.9 Å². The van der Waals surface area contributed by atoms with Crippen molar-refractivity contribution in [1.82, 2.24) is 0 Å². The van der Waals surface area contributed by atoms with Gasteiger partial charge in [0.15, 0.2) is 11.5 Å². The molecule has 0 saturated heterocycles. The zero-order chi connectivity index (χ0) is 9.80. The molecule has 1 aliphatic heterocycles. The number of hydrogen-bond acceptors (Lipinski definition) is 4. The van der Waals surface area contributed by atoms with Gasteiger partial charge < -0.3 is 9.47 Å². The maximum absolute atomic E-state index is 5.43. The minimum atomic E-state index is 0.605. The molecule has 0 saturated carbocycles. The molecule has 14 heavy (non-hydrogen) atoms. The molecule has 1 heterocycles. The number of rotatable bonds is 2. The molecule has 0 aromatic heterocycles. The number of ether oxygens (including phenoxy) is 2. The fourth-order valence-electron chi connectivity index (χ4n) is 1.25. The Hall–Kier alpha value is -1.71. The Bertz CT molecular complexity index is 350. The summed E-state index contributed by atoms with van der Waals surface area (Å²) in [6.45, 7) is 3.07. The Labute approximate surface area is 82.5 Å². The average molecular weight is 192 g/mol. The van der Waals surface area contributed by atoms with Crippen LogP contribution < -0.4 is 14.9 Å². The number of hydrogen-bond donors (Lipinski definition) is 1. The minimum absolute atomic E-state index is 0.605. The van der Waals surface area contributed by atoms with Crippen LogP contribution in [-0.4, -0.2) is 19.4 Å². The summed E-state index contributed by atoms with van der Waals surface area (Å²) in [5, 5.41) is 3.92. The van der Waals surface area contributed by atoms with Crippen LogP contribution >= 0.6 is 0 Å². The van der Waals surface area contributed by atoms with Crippen molar-refractivity contribution in [1.29, 1.82) is 0 Å². The van der Waals surface area contributed by atoms with Crippen molar-refractivity contribution in [3.05, 3.63) is 18.2 Å². The number of nitrogens with zero attached hydrogens (tertiary/aromatic N) is 1. The fourth-order valence-corrected chi connectivity index (χ4v) is 1.25. The molecule has 0 unspecified atom stereocenters. The molecule has 0 atom stereocenters. The highest BCUT2D eigenvalue weighted by atomic mass is 16.6. The van der Waals surface area contributed by atoms with E-state index in [1.165, 1.54) is 0 Å². The lowest BCUT2D eigenvalue weighted by Gasteiger charge is -2.18. The fraction of sp³-hybridized carbons (Fsp3) is 0.300. The maximum Gasteiger partial charge on any atom is 0.163 e. The Kier molecular flexibility index (Phi) is 2.53. The third kappa shape index (κ3) is 1.79. The second-order valence-corrected chi connectivity index (χ2v) is 2.86. The molecule has 0 aliphatic carbocycles. The van der Waals surface area contributed by atoms with Crippen molar-refractivity contribution in [2.75, 3.05) is 18.6 Å². The second-order valence-electron chi connectivity index (χ2n) is 2.86. The lowest BCUT2D eigenvalue weighted by molar-refractivity contribution is 0.171. The van der Waals surface area contributed by atoms with Crippen molar-refractivity contribution in [3.8, 4) is 11.5 Å². The molecule has 1 aromatic carbocycles. The van der Waals surface area contributed by atoms with Crippen molar-refractivity contribution < 1.29 is 9.47 Å². The largest absolute Gasteiger partial charge is 0.486 e. The van der Waals surface area contributed by atoms with Crippen molar-refractivity contribution >= 4 is 11.9 Å². The van der Waals surface area contributed by atoms with Gasteiger partial charge in [-0.3, -0.25) is 5.43 Å². The van der Waals surface area contributed by atoms with Gasteiger partial charge in [0.05, 0.1) is 5.69 Å². The van der Waals surface area contributed by atoms with Gasteiger partial charge >= 0.3 is 0 Å². The smallest absolute Gasteiger partial charge is 0.163 e. The van der Waals surface area contributed by atoms with E-state index in [2.05, 4.69) is 10.5 Å². The lowest BCUT2D eigenvalue weighted by Crippen LogP contribution is -2.15. The van der Waals surface area contributed by atoms with E-state index in [0.29, 0.717) is 13.2 Å². The van der Waals surface area contributed by atoms with Crippen molar-refractivity contribution in [3.63, 3.8) is 0 Å². The molecule has 0 radical (unpaired) electrons. The number of hydrazone groups is 1. The summed E-state index contributed by atoms with van der Waals surface area (Å²) in [7, 11) is 0. The molecule has 4 heteroatoms. The van der Waals surface area contributed by atoms with Crippen LogP contribution in [0.5, 0.6) is 11.5 Å². The zero-order valence-corrected chi connectivity index (χ0v) is 7.99. The van der Waals surface area contributed by atoms with Crippen LogP contribution in [-0.2, 0) is 0 Å². The predicted octanol–water partition coefficient (Wildman–Crippen LogP) is 1.88. The molecule has 1 aliphatic rings. The van der Waals surface area contributed by atoms with Gasteiger partial charge in [-0.1, -0.05) is 0 Å². The van der Waals surface area contributed by atoms with Gasteiger partial charge in [0, 0.05) is 12.3 Å². The summed E-state index contributed by atoms with van der Waals surface area (Å²) < 4.78 is 10.8. The van der Waals surface area contributed by atoms with Crippen molar-refractivity contribution in [2.24, 2.45) is 5.10 Å². The second kappa shape index (κ2) is 4.00. The summed E-state index contributed by atoms with van der Waals surface area (Å²) in [5.41, 5.74) is 3.77. The van der Waals surface area contributed by atoms with E-state index in [4.69, 9.17) is 9.47 Å². The predicted molar refractivity (Wildman–Crippen MR) is 55.2 cm³/mol. The third-order valence-electron chi connectivity index (χ3n) is 1.86. The average Bonchev–Trinajstić information content (AvgIpc) is 2.26. The first-order valence-electron chi connectivity index (χ1n) is 4.53. The summed E-state index contributed by atoms with van der Waals surface area (Å²) in [5.74, 6) is 1.56. The van der Waals surface area contributed by atoms with Gasteiger partial charge in [-0.05, 0) is 19.1 Å². The van der Waals surface area contributed by atoms with E-state index < -0.39 is 0 Å². The van der Waals surface area contributed by atoms with Crippen molar-refractivity contribution in [2.45, 2.75) is 6.92 Å². The van der Waals surface area contributed by atoms with Crippen LogP contribution in [0.3, 0.4) is 0 Å². The molecule has 0 fully saturated rings. The standard InChI is InChI=1S/C10H12N2O2/c1-2-11-12-8-3-4-9-10(7-8)14-6-5-13-9/h2-4,7,12H,5-6H2,1H3/b11-2-. The molecule has 2 rings (SSSR count). The van der Waals surface area contributed by atoms with Gasteiger partial charge in [-0.25, -0.2) is 0 Å². The molecular weight excluding hydrogens is 180 g/mol. The van der Waals surface area contributed by atoms with Gasteiger partial charge in [0.1, 0.15) is 13.2 Å². The number of anilines is 1.